The molecule has 2 heterocycles. The number of nitrogens with zero attached hydrogens (tertiary/aromatic N) is 4. The van der Waals surface area contributed by atoms with Crippen LogP contribution in [0.3, 0.4) is 0 Å². The maximum atomic E-state index is 10.5. The van der Waals surface area contributed by atoms with E-state index in [9.17, 15) is 4.79 Å². The number of hydrogen-bond donors (Lipinski definition) is 1. The minimum atomic E-state index is -0.840. The average molecular weight is 453 g/mol. The lowest BCUT2D eigenvalue weighted by Crippen LogP contribution is -2.13. The second-order valence-electron chi connectivity index (χ2n) is 7.59. The van der Waals surface area contributed by atoms with Crippen molar-refractivity contribution >= 4 is 44.0 Å². The van der Waals surface area contributed by atoms with Crippen LogP contribution in [0.1, 0.15) is 32.0 Å². The molecule has 0 spiro atoms. The molecule has 0 radical (unpaired) electrons. The lowest BCUT2D eigenvalue weighted by molar-refractivity contribution is -0.136. The van der Waals surface area contributed by atoms with Crippen LogP contribution in [0, 0.1) is 0 Å². The maximum Gasteiger partial charge on any atom is 0.307 e. The van der Waals surface area contributed by atoms with Gasteiger partial charge in [-0.05, 0) is 35.9 Å². The predicted octanol–water partition coefficient (Wildman–Crippen LogP) is 4.95. The summed E-state index contributed by atoms with van der Waals surface area (Å²) in [6.45, 7) is 6.42. The Hall–Kier alpha value is -2.93. The van der Waals surface area contributed by atoms with Gasteiger partial charge in [0.15, 0.2) is 0 Å². The third kappa shape index (κ3) is 5.54. The van der Waals surface area contributed by atoms with Crippen molar-refractivity contribution in [1.82, 2.24) is 19.9 Å². The van der Waals surface area contributed by atoms with Crippen LogP contribution in [0.4, 0.5) is 0 Å². The summed E-state index contributed by atoms with van der Waals surface area (Å²) in [7, 11) is 0. The molecule has 7 heteroatoms. The molecule has 0 aliphatic carbocycles. The van der Waals surface area contributed by atoms with Crippen molar-refractivity contribution in [3.8, 4) is 0 Å². The summed E-state index contributed by atoms with van der Waals surface area (Å²) in [5.41, 5.74) is 5.20. The zero-order valence-electron chi connectivity index (χ0n) is 16.4. The number of hydrogen-bond acceptors (Lipinski definition) is 5. The minimum absolute atomic E-state index is 0.0204. The van der Waals surface area contributed by atoms with Crippen molar-refractivity contribution in [2.75, 3.05) is 0 Å². The van der Waals surface area contributed by atoms with Gasteiger partial charge in [0, 0.05) is 28.5 Å². The number of aromatic nitrogens is 4. The van der Waals surface area contributed by atoms with Gasteiger partial charge in [-0.1, -0.05) is 42.8 Å². The molecule has 4 aromatic rings. The van der Waals surface area contributed by atoms with Crippen LogP contribution in [0.5, 0.6) is 0 Å². The van der Waals surface area contributed by atoms with Crippen LogP contribution in [0.25, 0.3) is 22.1 Å². The van der Waals surface area contributed by atoms with Gasteiger partial charge in [-0.15, -0.1) is 0 Å². The fourth-order valence-corrected chi connectivity index (χ4v) is 2.99. The lowest BCUT2D eigenvalue weighted by atomic mass is 9.92. The summed E-state index contributed by atoms with van der Waals surface area (Å²) in [6.07, 6.45) is 5.08. The van der Waals surface area contributed by atoms with Gasteiger partial charge in [-0.2, -0.15) is 0 Å². The van der Waals surface area contributed by atoms with E-state index in [1.165, 1.54) is 0 Å². The summed E-state index contributed by atoms with van der Waals surface area (Å²) in [5, 5.41) is 8.60. The second-order valence-corrected chi connectivity index (χ2v) is 8.50. The van der Waals surface area contributed by atoms with Crippen molar-refractivity contribution in [3.63, 3.8) is 0 Å². The van der Waals surface area contributed by atoms with Crippen LogP contribution in [-0.2, 0) is 16.6 Å². The molecule has 4 rings (SSSR count). The number of halogens is 1. The van der Waals surface area contributed by atoms with E-state index >= 15 is 0 Å². The average Bonchev–Trinajstić information content (AvgIpc) is 2.67. The molecule has 0 bridgehead atoms. The van der Waals surface area contributed by atoms with Gasteiger partial charge in [0.05, 0.1) is 34.2 Å². The van der Waals surface area contributed by atoms with E-state index in [-0.39, 0.29) is 11.8 Å². The quantitative estimate of drug-likeness (QED) is 0.462. The number of benzene rings is 2. The maximum absolute atomic E-state index is 10.5. The van der Waals surface area contributed by atoms with Gasteiger partial charge in [0.1, 0.15) is 0 Å². The first-order valence-corrected chi connectivity index (χ1v) is 9.86. The third-order valence-corrected chi connectivity index (χ3v) is 4.66. The molecule has 148 valence electrons. The molecular weight excluding hydrogens is 432 g/mol. The number of carbonyl (C=O) groups is 1. The first-order valence-electron chi connectivity index (χ1n) is 9.06. The number of carboxylic acid groups (broad SMARTS) is 1. The van der Waals surface area contributed by atoms with Crippen molar-refractivity contribution in [3.05, 3.63) is 70.7 Å². The molecule has 0 aliphatic heterocycles. The molecule has 0 aliphatic rings. The Labute approximate surface area is 177 Å². The molecule has 0 atom stereocenters. The van der Waals surface area contributed by atoms with Gasteiger partial charge in [-0.3, -0.25) is 19.7 Å². The molecule has 2 aromatic carbocycles. The molecule has 0 fully saturated rings. The first-order chi connectivity index (χ1) is 13.7. The van der Waals surface area contributed by atoms with Crippen molar-refractivity contribution in [2.45, 2.75) is 32.6 Å². The zero-order valence-corrected chi connectivity index (χ0v) is 18.0. The number of carboxylic acids is 1. The Bertz CT molecular complexity index is 1170. The summed E-state index contributed by atoms with van der Waals surface area (Å²) < 4.78 is 1.04. The van der Waals surface area contributed by atoms with E-state index in [4.69, 9.17) is 5.11 Å². The van der Waals surface area contributed by atoms with Crippen LogP contribution in [0.15, 0.2) is 59.5 Å². The molecule has 1 N–H and O–H groups in total. The molecule has 2 aromatic heterocycles. The Morgan fingerprint density at radius 2 is 1.59 bits per heavy atom. The molecule has 0 saturated carbocycles. The van der Waals surface area contributed by atoms with E-state index in [1.807, 2.05) is 24.4 Å². The highest BCUT2D eigenvalue weighted by Gasteiger charge is 2.16. The Balaban J connectivity index is 0.000000166. The van der Waals surface area contributed by atoms with Crippen LogP contribution >= 0.6 is 15.9 Å². The standard InChI is InChI=1S/C12H13BrN2.C10H8N2O2/c1-12(2,3)11-7-14-10-6-8(13)4-5-9(10)15-11;13-10(14)6-7-1-2-8-9(5-7)12-4-3-11-8/h4-7H,1-3H3;1-5H,6H2,(H,13,14). The highest BCUT2D eigenvalue weighted by molar-refractivity contribution is 9.10. The minimum Gasteiger partial charge on any atom is -0.481 e. The Morgan fingerprint density at radius 1 is 0.931 bits per heavy atom. The van der Waals surface area contributed by atoms with Crippen LogP contribution < -0.4 is 0 Å². The Kier molecular flexibility index (Phi) is 6.17. The van der Waals surface area contributed by atoms with E-state index in [0.717, 1.165) is 37.8 Å². The number of rotatable bonds is 2. The zero-order chi connectivity index (χ0) is 21.0. The predicted molar refractivity (Wildman–Crippen MR) is 117 cm³/mol. The Morgan fingerprint density at radius 3 is 2.28 bits per heavy atom. The molecule has 0 unspecified atom stereocenters. The fourth-order valence-electron chi connectivity index (χ4n) is 2.64. The molecule has 0 amide bonds. The van der Waals surface area contributed by atoms with Crippen LogP contribution in [0.2, 0.25) is 0 Å². The third-order valence-electron chi connectivity index (χ3n) is 4.16. The van der Waals surface area contributed by atoms with Gasteiger partial charge in [0.25, 0.3) is 0 Å². The second kappa shape index (κ2) is 8.61. The van der Waals surface area contributed by atoms with Gasteiger partial charge in [-0.25, -0.2) is 4.98 Å². The van der Waals surface area contributed by atoms with Gasteiger partial charge < -0.3 is 5.11 Å². The normalized spacial score (nSPS) is 11.2. The van der Waals surface area contributed by atoms with Crippen LogP contribution in [-0.4, -0.2) is 31.0 Å². The molecule has 0 saturated heterocycles. The summed E-state index contributed by atoms with van der Waals surface area (Å²) in [5.74, 6) is -0.840. The van der Waals surface area contributed by atoms with Gasteiger partial charge in [0.2, 0.25) is 0 Å². The van der Waals surface area contributed by atoms with Crippen molar-refractivity contribution < 1.29 is 9.90 Å². The van der Waals surface area contributed by atoms with E-state index in [1.54, 1.807) is 30.6 Å². The largest absolute Gasteiger partial charge is 0.481 e. The van der Waals surface area contributed by atoms with E-state index in [2.05, 4.69) is 56.6 Å². The van der Waals surface area contributed by atoms with E-state index < -0.39 is 5.97 Å². The fraction of sp³-hybridized carbons (Fsp3) is 0.227. The highest BCUT2D eigenvalue weighted by Crippen LogP contribution is 2.22. The van der Waals surface area contributed by atoms with Gasteiger partial charge >= 0.3 is 5.97 Å². The first kappa shape index (κ1) is 20.8. The summed E-state index contributed by atoms with van der Waals surface area (Å²) in [6, 6.07) is 11.2. The number of aliphatic carboxylic acids is 1. The SMILES string of the molecule is CC(C)(C)c1cnc2cc(Br)ccc2n1.O=C(O)Cc1ccc2nccnc2c1. The molecular formula is C22H21BrN4O2. The topological polar surface area (TPSA) is 88.9 Å². The summed E-state index contributed by atoms with van der Waals surface area (Å²) in [4.78, 5) is 27.7. The van der Waals surface area contributed by atoms with E-state index in [0.29, 0.717) is 0 Å². The highest BCUT2D eigenvalue weighted by atomic mass is 79.9. The van der Waals surface area contributed by atoms with Crippen molar-refractivity contribution in [1.29, 1.82) is 0 Å². The lowest BCUT2D eigenvalue weighted by Gasteiger charge is -2.17. The molecule has 29 heavy (non-hydrogen) atoms. The monoisotopic (exact) mass is 452 g/mol. The smallest absolute Gasteiger partial charge is 0.307 e. The summed E-state index contributed by atoms with van der Waals surface area (Å²) >= 11 is 3.42. The molecule has 6 nitrogen and oxygen atoms in total. The number of fused-ring (bicyclic) bond motifs is 2. The van der Waals surface area contributed by atoms with Crippen molar-refractivity contribution in [2.24, 2.45) is 0 Å².